The van der Waals surface area contributed by atoms with Crippen molar-refractivity contribution in [1.29, 1.82) is 0 Å². The van der Waals surface area contributed by atoms with Gasteiger partial charge in [-0.1, -0.05) is 41.4 Å². The van der Waals surface area contributed by atoms with Gasteiger partial charge in [0.1, 0.15) is 0 Å². The summed E-state index contributed by atoms with van der Waals surface area (Å²) in [6, 6.07) is 13.2. The molecule has 0 fully saturated rings. The molecule has 3 rings (SSSR count). The van der Waals surface area contributed by atoms with E-state index in [0.29, 0.717) is 16.2 Å². The highest BCUT2D eigenvalue weighted by Gasteiger charge is 2.13. The molecule has 2 amide bonds. The van der Waals surface area contributed by atoms with Crippen molar-refractivity contribution in [2.45, 2.75) is 0 Å². The lowest BCUT2D eigenvalue weighted by Gasteiger charge is -2.05. The molecule has 1 heterocycles. The second kappa shape index (κ2) is 8.03. The molecule has 0 unspecified atom stereocenters. The summed E-state index contributed by atoms with van der Waals surface area (Å²) < 4.78 is 0. The number of nitrogens with zero attached hydrogens (tertiary/aromatic N) is 1. The second-order valence-electron chi connectivity index (χ2n) is 5.42. The van der Waals surface area contributed by atoms with E-state index in [2.05, 4.69) is 20.8 Å². The fourth-order valence-electron chi connectivity index (χ4n) is 2.23. The van der Waals surface area contributed by atoms with Crippen LogP contribution in [0.3, 0.4) is 0 Å². The van der Waals surface area contributed by atoms with Gasteiger partial charge in [0.05, 0.1) is 21.8 Å². The topological polar surface area (TPSA) is 103 Å². The number of carbonyl (C=O) groups excluding carboxylic acids is 2. The molecule has 2 aromatic carbocycles. The van der Waals surface area contributed by atoms with Crippen molar-refractivity contribution >= 4 is 57.8 Å². The second-order valence-corrected chi connectivity index (χ2v) is 6.24. The van der Waals surface area contributed by atoms with E-state index in [-0.39, 0.29) is 16.1 Å². The summed E-state index contributed by atoms with van der Waals surface area (Å²) in [6.07, 6.45) is 1.16. The summed E-state index contributed by atoms with van der Waals surface area (Å²) in [5.74, 6) is -1.95. The maximum Gasteiger partial charge on any atom is 0.329 e. The Balaban J connectivity index is 1.66. The van der Waals surface area contributed by atoms with Gasteiger partial charge in [-0.05, 0) is 35.7 Å². The van der Waals surface area contributed by atoms with Crippen LogP contribution in [0.5, 0.6) is 0 Å². The van der Waals surface area contributed by atoms with E-state index in [1.807, 2.05) is 12.1 Å². The quantitative estimate of drug-likeness (QED) is 0.356. The van der Waals surface area contributed by atoms with Crippen molar-refractivity contribution in [2.75, 3.05) is 5.32 Å². The highest BCUT2D eigenvalue weighted by molar-refractivity contribution is 6.42. The Kier molecular flexibility index (Phi) is 5.54. The molecule has 0 spiro atoms. The van der Waals surface area contributed by atoms with Crippen LogP contribution in [-0.4, -0.2) is 23.0 Å². The predicted molar refractivity (Wildman–Crippen MR) is 105 cm³/mol. The molecule has 9 heteroatoms. The van der Waals surface area contributed by atoms with Crippen LogP contribution in [0.15, 0.2) is 58.4 Å². The predicted octanol–water partition coefficient (Wildman–Crippen LogP) is 2.92. The number of H-pyrrole nitrogens is 1. The van der Waals surface area contributed by atoms with E-state index >= 15 is 0 Å². The van der Waals surface area contributed by atoms with Crippen molar-refractivity contribution in [3.05, 3.63) is 74.5 Å². The third-order valence-corrected chi connectivity index (χ3v) is 4.27. The maximum atomic E-state index is 12.0. The molecule has 136 valence electrons. The van der Waals surface area contributed by atoms with E-state index in [1.54, 1.807) is 18.2 Å². The summed E-state index contributed by atoms with van der Waals surface area (Å²) in [6.45, 7) is 0. The lowest BCUT2D eigenvalue weighted by Crippen LogP contribution is -2.32. The molecule has 0 bridgehead atoms. The van der Waals surface area contributed by atoms with Gasteiger partial charge in [0.2, 0.25) is 0 Å². The normalized spacial score (nSPS) is 10.9. The minimum Gasteiger partial charge on any atom is -0.321 e. The Labute approximate surface area is 163 Å². The van der Waals surface area contributed by atoms with E-state index in [4.69, 9.17) is 23.2 Å². The Morgan fingerprint density at radius 3 is 2.56 bits per heavy atom. The van der Waals surface area contributed by atoms with Crippen molar-refractivity contribution < 1.29 is 9.59 Å². The monoisotopic (exact) mass is 402 g/mol. The van der Waals surface area contributed by atoms with Gasteiger partial charge in [-0.25, -0.2) is 5.43 Å². The molecule has 0 aliphatic carbocycles. The Bertz CT molecular complexity index is 1130. The average Bonchev–Trinajstić information content (AvgIpc) is 2.65. The van der Waals surface area contributed by atoms with Crippen LogP contribution in [0.25, 0.3) is 10.9 Å². The lowest BCUT2D eigenvalue weighted by atomic mass is 10.2. The van der Waals surface area contributed by atoms with Crippen molar-refractivity contribution in [2.24, 2.45) is 5.10 Å². The van der Waals surface area contributed by atoms with Gasteiger partial charge >= 0.3 is 11.8 Å². The smallest absolute Gasteiger partial charge is 0.321 e. The van der Waals surface area contributed by atoms with E-state index in [9.17, 15) is 14.4 Å². The molecular weight excluding hydrogens is 391 g/mol. The van der Waals surface area contributed by atoms with E-state index in [0.717, 1.165) is 11.6 Å². The van der Waals surface area contributed by atoms with Crippen LogP contribution in [0.4, 0.5) is 5.69 Å². The van der Waals surface area contributed by atoms with Gasteiger partial charge in [0.25, 0.3) is 5.56 Å². The number of pyridine rings is 1. The number of hydrogen-bond donors (Lipinski definition) is 3. The Morgan fingerprint density at radius 1 is 1.00 bits per heavy atom. The number of aromatic amines is 1. The van der Waals surface area contributed by atoms with Crippen LogP contribution < -0.4 is 16.3 Å². The minimum atomic E-state index is -1.01. The first kappa shape index (κ1) is 18.6. The fraction of sp³-hybridized carbons (Fsp3) is 0. The number of rotatable bonds is 3. The number of benzene rings is 2. The third-order valence-electron chi connectivity index (χ3n) is 3.54. The molecule has 0 saturated heterocycles. The SMILES string of the molecule is O=C(N/N=C\c1cc2ccccc2[nH]c1=O)C(=O)Nc1ccc(Cl)c(Cl)c1. The summed E-state index contributed by atoms with van der Waals surface area (Å²) in [7, 11) is 0. The number of nitrogens with one attached hydrogen (secondary N) is 3. The number of hydrazone groups is 1. The number of aromatic nitrogens is 1. The summed E-state index contributed by atoms with van der Waals surface area (Å²) in [5.41, 5.74) is 2.92. The van der Waals surface area contributed by atoms with Gasteiger partial charge in [-0.15, -0.1) is 0 Å². The van der Waals surface area contributed by atoms with Crippen LogP contribution >= 0.6 is 23.2 Å². The minimum absolute atomic E-state index is 0.235. The highest BCUT2D eigenvalue weighted by atomic mass is 35.5. The standard InChI is InChI=1S/C18H12Cl2N4O3/c19-13-6-5-12(8-14(13)20)22-17(26)18(27)24-21-9-11-7-10-3-1-2-4-15(10)23-16(11)25/h1-9H,(H,22,26)(H,23,25)(H,24,27)/b21-9-. The number of fused-ring (bicyclic) bond motifs is 1. The summed E-state index contributed by atoms with van der Waals surface area (Å²) >= 11 is 11.6. The van der Waals surface area contributed by atoms with Crippen LogP contribution in [0.1, 0.15) is 5.56 Å². The van der Waals surface area contributed by atoms with Gasteiger partial charge in [0, 0.05) is 11.2 Å². The van der Waals surface area contributed by atoms with Gasteiger partial charge in [-0.2, -0.15) is 5.10 Å². The van der Waals surface area contributed by atoms with E-state index < -0.39 is 11.8 Å². The number of amides is 2. The molecule has 0 saturated carbocycles. The Morgan fingerprint density at radius 2 is 1.78 bits per heavy atom. The molecule has 1 aromatic heterocycles. The zero-order valence-corrected chi connectivity index (χ0v) is 15.1. The van der Waals surface area contributed by atoms with Gasteiger partial charge < -0.3 is 10.3 Å². The maximum absolute atomic E-state index is 12.0. The number of hydrogen-bond acceptors (Lipinski definition) is 4. The van der Waals surface area contributed by atoms with Gasteiger partial charge in [0.15, 0.2) is 0 Å². The molecule has 0 radical (unpaired) electrons. The highest BCUT2D eigenvalue weighted by Crippen LogP contribution is 2.24. The molecular formula is C18H12Cl2N4O3. The first-order valence-corrected chi connectivity index (χ1v) is 8.41. The first-order chi connectivity index (χ1) is 12.9. The van der Waals surface area contributed by atoms with Crippen molar-refractivity contribution in [3.8, 4) is 0 Å². The molecule has 0 aliphatic heterocycles. The van der Waals surface area contributed by atoms with Crippen LogP contribution in [0, 0.1) is 0 Å². The first-order valence-electron chi connectivity index (χ1n) is 7.65. The number of anilines is 1. The van der Waals surface area contributed by atoms with Crippen LogP contribution in [0.2, 0.25) is 10.0 Å². The molecule has 0 aliphatic rings. The molecule has 27 heavy (non-hydrogen) atoms. The molecule has 0 atom stereocenters. The number of carbonyl (C=O) groups is 2. The number of para-hydroxylation sites is 1. The van der Waals surface area contributed by atoms with E-state index in [1.165, 1.54) is 18.2 Å². The molecule has 7 nitrogen and oxygen atoms in total. The zero-order valence-electron chi connectivity index (χ0n) is 13.6. The molecule has 3 aromatic rings. The molecule has 3 N–H and O–H groups in total. The largest absolute Gasteiger partial charge is 0.329 e. The van der Waals surface area contributed by atoms with Crippen molar-refractivity contribution in [3.63, 3.8) is 0 Å². The summed E-state index contributed by atoms with van der Waals surface area (Å²) in [4.78, 5) is 38.3. The van der Waals surface area contributed by atoms with Crippen molar-refractivity contribution in [1.82, 2.24) is 10.4 Å². The number of halogens is 2. The lowest BCUT2D eigenvalue weighted by molar-refractivity contribution is -0.136. The zero-order chi connectivity index (χ0) is 19.4. The fourth-order valence-corrected chi connectivity index (χ4v) is 2.53. The van der Waals surface area contributed by atoms with Crippen LogP contribution in [-0.2, 0) is 9.59 Å². The third kappa shape index (κ3) is 4.52. The average molecular weight is 403 g/mol. The Hall–Kier alpha value is -3.16. The summed E-state index contributed by atoms with van der Waals surface area (Å²) in [5, 5.41) is 7.38. The van der Waals surface area contributed by atoms with Gasteiger partial charge in [-0.3, -0.25) is 14.4 Å².